The first-order valence-electron chi connectivity index (χ1n) is 7.59. The molecule has 3 heteroatoms. The summed E-state index contributed by atoms with van der Waals surface area (Å²) in [4.78, 5) is 12.0. The highest BCUT2D eigenvalue weighted by Crippen LogP contribution is 2.37. The third kappa shape index (κ3) is 3.05. The smallest absolute Gasteiger partial charge is 0.237 e. The normalized spacial score (nSPS) is 38.6. The third-order valence-corrected chi connectivity index (χ3v) is 4.76. The van der Waals surface area contributed by atoms with Crippen molar-refractivity contribution >= 4 is 5.91 Å². The van der Waals surface area contributed by atoms with Crippen molar-refractivity contribution in [2.45, 2.75) is 76.8 Å². The van der Waals surface area contributed by atoms with Gasteiger partial charge < -0.3 is 11.1 Å². The Morgan fingerprint density at radius 3 is 2.17 bits per heavy atom. The minimum Gasteiger partial charge on any atom is -0.368 e. The lowest BCUT2D eigenvalue weighted by atomic mass is 9.70. The van der Waals surface area contributed by atoms with Crippen molar-refractivity contribution in [2.75, 3.05) is 0 Å². The van der Waals surface area contributed by atoms with Crippen LogP contribution in [-0.2, 0) is 4.79 Å². The summed E-state index contributed by atoms with van der Waals surface area (Å²) in [6.45, 7) is 4.49. The van der Waals surface area contributed by atoms with Gasteiger partial charge in [0.05, 0.1) is 5.54 Å². The Balaban J connectivity index is 2.07. The summed E-state index contributed by atoms with van der Waals surface area (Å²) >= 11 is 0. The molecule has 3 nitrogen and oxygen atoms in total. The van der Waals surface area contributed by atoms with Gasteiger partial charge in [-0.05, 0) is 43.9 Å². The molecule has 0 saturated heterocycles. The van der Waals surface area contributed by atoms with Crippen LogP contribution in [0.15, 0.2) is 0 Å². The second kappa shape index (κ2) is 5.60. The van der Waals surface area contributed by atoms with Crippen molar-refractivity contribution in [3.8, 4) is 0 Å². The Morgan fingerprint density at radius 1 is 1.11 bits per heavy atom. The minimum atomic E-state index is -0.431. The van der Waals surface area contributed by atoms with Crippen LogP contribution in [0.25, 0.3) is 0 Å². The largest absolute Gasteiger partial charge is 0.368 e. The Labute approximate surface area is 111 Å². The van der Waals surface area contributed by atoms with Crippen molar-refractivity contribution in [3.05, 3.63) is 0 Å². The van der Waals surface area contributed by atoms with Gasteiger partial charge in [-0.3, -0.25) is 4.79 Å². The van der Waals surface area contributed by atoms with Crippen molar-refractivity contribution in [1.29, 1.82) is 0 Å². The molecule has 0 aliphatic heterocycles. The van der Waals surface area contributed by atoms with Crippen LogP contribution in [0, 0.1) is 11.8 Å². The van der Waals surface area contributed by atoms with Crippen LogP contribution >= 0.6 is 0 Å². The molecule has 104 valence electrons. The number of rotatable bonds is 3. The van der Waals surface area contributed by atoms with Crippen molar-refractivity contribution in [1.82, 2.24) is 5.32 Å². The van der Waals surface area contributed by atoms with Gasteiger partial charge in [-0.25, -0.2) is 0 Å². The fourth-order valence-corrected chi connectivity index (χ4v) is 4.15. The van der Waals surface area contributed by atoms with E-state index in [2.05, 4.69) is 19.2 Å². The summed E-state index contributed by atoms with van der Waals surface area (Å²) in [5, 5.41) is 3.66. The SMILES string of the molecule is CC1CC(C)CC(NC2CCCCC2)(C(N)=O)C1. The molecule has 2 aliphatic carbocycles. The Kier molecular flexibility index (Phi) is 4.31. The topological polar surface area (TPSA) is 55.1 Å². The molecule has 2 saturated carbocycles. The monoisotopic (exact) mass is 252 g/mol. The van der Waals surface area contributed by atoms with Crippen LogP contribution in [0.2, 0.25) is 0 Å². The average Bonchev–Trinajstić information content (AvgIpc) is 2.28. The first-order chi connectivity index (χ1) is 8.52. The number of carbonyl (C=O) groups is 1. The zero-order valence-electron chi connectivity index (χ0n) is 11.9. The predicted molar refractivity (Wildman–Crippen MR) is 74.1 cm³/mol. The van der Waals surface area contributed by atoms with Gasteiger partial charge >= 0.3 is 0 Å². The number of carbonyl (C=O) groups excluding carboxylic acids is 1. The molecule has 2 fully saturated rings. The van der Waals surface area contributed by atoms with E-state index in [0.717, 1.165) is 12.8 Å². The molecule has 0 radical (unpaired) electrons. The van der Waals surface area contributed by atoms with E-state index in [1.807, 2.05) is 0 Å². The zero-order chi connectivity index (χ0) is 13.2. The Bertz CT molecular complexity index is 287. The van der Waals surface area contributed by atoms with E-state index in [0.29, 0.717) is 17.9 Å². The molecule has 2 rings (SSSR count). The summed E-state index contributed by atoms with van der Waals surface area (Å²) in [6, 6.07) is 0.503. The van der Waals surface area contributed by atoms with Crippen LogP contribution in [0.5, 0.6) is 0 Å². The second-order valence-electron chi connectivity index (χ2n) is 6.78. The number of hydrogen-bond acceptors (Lipinski definition) is 2. The molecule has 0 aromatic heterocycles. The first kappa shape index (κ1) is 13.9. The van der Waals surface area contributed by atoms with Crippen LogP contribution in [0.3, 0.4) is 0 Å². The highest BCUT2D eigenvalue weighted by atomic mass is 16.1. The molecular formula is C15H28N2O. The van der Waals surface area contributed by atoms with Gasteiger partial charge in [-0.1, -0.05) is 33.1 Å². The highest BCUT2D eigenvalue weighted by Gasteiger charge is 2.43. The molecule has 0 bridgehead atoms. The van der Waals surface area contributed by atoms with Crippen LogP contribution in [-0.4, -0.2) is 17.5 Å². The predicted octanol–water partition coefficient (Wildman–Crippen LogP) is 2.59. The van der Waals surface area contributed by atoms with Crippen molar-refractivity contribution in [3.63, 3.8) is 0 Å². The molecule has 0 aromatic carbocycles. The first-order valence-corrected chi connectivity index (χ1v) is 7.59. The van der Waals surface area contributed by atoms with Gasteiger partial charge in [-0.15, -0.1) is 0 Å². The van der Waals surface area contributed by atoms with Gasteiger partial charge in [-0.2, -0.15) is 0 Å². The number of nitrogens with one attached hydrogen (secondary N) is 1. The fraction of sp³-hybridized carbons (Fsp3) is 0.933. The summed E-state index contributed by atoms with van der Waals surface area (Å²) < 4.78 is 0. The molecule has 1 amide bonds. The summed E-state index contributed by atoms with van der Waals surface area (Å²) in [5.74, 6) is 1.06. The molecule has 2 aliphatic rings. The number of hydrogen-bond donors (Lipinski definition) is 2. The van der Waals surface area contributed by atoms with E-state index in [4.69, 9.17) is 5.73 Å². The van der Waals surface area contributed by atoms with Gasteiger partial charge in [0.15, 0.2) is 0 Å². The fourth-order valence-electron chi connectivity index (χ4n) is 4.15. The lowest BCUT2D eigenvalue weighted by Gasteiger charge is -2.44. The summed E-state index contributed by atoms with van der Waals surface area (Å²) in [6.07, 6.45) is 9.40. The van der Waals surface area contributed by atoms with E-state index < -0.39 is 5.54 Å². The van der Waals surface area contributed by atoms with E-state index in [1.54, 1.807) is 0 Å². The summed E-state index contributed by atoms with van der Waals surface area (Å²) in [5.41, 5.74) is 5.31. The highest BCUT2D eigenvalue weighted by molar-refractivity contribution is 5.84. The average molecular weight is 252 g/mol. The van der Waals surface area contributed by atoms with Crippen molar-refractivity contribution in [2.24, 2.45) is 17.6 Å². The number of primary amides is 1. The van der Waals surface area contributed by atoms with E-state index in [-0.39, 0.29) is 5.91 Å². The van der Waals surface area contributed by atoms with E-state index in [1.165, 1.54) is 38.5 Å². The molecule has 0 aromatic rings. The zero-order valence-corrected chi connectivity index (χ0v) is 11.9. The van der Waals surface area contributed by atoms with Crippen LogP contribution < -0.4 is 11.1 Å². The lowest BCUT2D eigenvalue weighted by molar-refractivity contribution is -0.127. The molecule has 18 heavy (non-hydrogen) atoms. The van der Waals surface area contributed by atoms with Crippen LogP contribution in [0.4, 0.5) is 0 Å². The maximum absolute atomic E-state index is 12.0. The number of amides is 1. The molecule has 0 spiro atoms. The quantitative estimate of drug-likeness (QED) is 0.811. The molecule has 2 unspecified atom stereocenters. The standard InChI is InChI=1S/C15H28N2O/c1-11-8-12(2)10-15(9-11,14(16)18)17-13-6-4-3-5-7-13/h11-13,17H,3-10H2,1-2H3,(H2,16,18). The van der Waals surface area contributed by atoms with Gasteiger partial charge in [0.2, 0.25) is 5.91 Å². The van der Waals surface area contributed by atoms with E-state index in [9.17, 15) is 4.79 Å². The Hall–Kier alpha value is -0.570. The van der Waals surface area contributed by atoms with Crippen LogP contribution in [0.1, 0.15) is 65.2 Å². The minimum absolute atomic E-state index is 0.133. The van der Waals surface area contributed by atoms with Gasteiger partial charge in [0.1, 0.15) is 0 Å². The van der Waals surface area contributed by atoms with Crippen molar-refractivity contribution < 1.29 is 4.79 Å². The Morgan fingerprint density at radius 2 is 1.67 bits per heavy atom. The number of nitrogens with two attached hydrogens (primary N) is 1. The molecule has 0 heterocycles. The molecule has 2 atom stereocenters. The third-order valence-electron chi connectivity index (χ3n) is 4.76. The lowest BCUT2D eigenvalue weighted by Crippen LogP contribution is -2.61. The molecular weight excluding hydrogens is 224 g/mol. The maximum atomic E-state index is 12.0. The maximum Gasteiger partial charge on any atom is 0.237 e. The van der Waals surface area contributed by atoms with E-state index >= 15 is 0 Å². The summed E-state index contributed by atoms with van der Waals surface area (Å²) in [7, 11) is 0. The molecule has 3 N–H and O–H groups in total. The van der Waals surface area contributed by atoms with Gasteiger partial charge in [0, 0.05) is 6.04 Å². The van der Waals surface area contributed by atoms with Gasteiger partial charge in [0.25, 0.3) is 0 Å². The second-order valence-corrected chi connectivity index (χ2v) is 6.78.